The van der Waals surface area contributed by atoms with E-state index in [0.29, 0.717) is 35.8 Å². The second kappa shape index (κ2) is 9.64. The van der Waals surface area contributed by atoms with E-state index in [2.05, 4.69) is 15.7 Å². The summed E-state index contributed by atoms with van der Waals surface area (Å²) in [5, 5.41) is 9.98. The maximum atomic E-state index is 13.0. The molecule has 1 aromatic heterocycles. The molecule has 1 aliphatic rings. The van der Waals surface area contributed by atoms with Crippen LogP contribution in [0.2, 0.25) is 0 Å². The molecule has 2 heterocycles. The third-order valence-corrected chi connectivity index (χ3v) is 5.48. The van der Waals surface area contributed by atoms with Gasteiger partial charge in [-0.25, -0.2) is 9.48 Å². The Hall–Kier alpha value is -3.73. The second-order valence-electron chi connectivity index (χ2n) is 7.76. The Balaban J connectivity index is 1.66. The summed E-state index contributed by atoms with van der Waals surface area (Å²) in [5.74, 6) is 0.695. The Labute approximate surface area is 193 Å². The van der Waals surface area contributed by atoms with Gasteiger partial charge in [0.25, 0.3) is 0 Å². The fourth-order valence-electron chi connectivity index (χ4n) is 3.66. The van der Waals surface area contributed by atoms with Crippen molar-refractivity contribution in [3.8, 4) is 22.7 Å². The van der Waals surface area contributed by atoms with Crippen LogP contribution in [0.25, 0.3) is 16.9 Å². The van der Waals surface area contributed by atoms with E-state index in [1.165, 1.54) is 23.9 Å². The van der Waals surface area contributed by atoms with Gasteiger partial charge in [-0.2, -0.15) is 18.3 Å². The number of amides is 2. The molecule has 8 nitrogen and oxygen atoms in total. The molecule has 1 aliphatic heterocycles. The molecule has 34 heavy (non-hydrogen) atoms. The quantitative estimate of drug-likeness (QED) is 0.489. The normalized spacial score (nSPS) is 15.8. The van der Waals surface area contributed by atoms with E-state index in [4.69, 9.17) is 15.2 Å². The second-order valence-corrected chi connectivity index (χ2v) is 7.76. The molecule has 4 rings (SSSR count). The Kier molecular flexibility index (Phi) is 6.64. The van der Waals surface area contributed by atoms with Gasteiger partial charge in [0.15, 0.2) is 5.82 Å². The van der Waals surface area contributed by atoms with Crippen LogP contribution >= 0.6 is 0 Å². The largest absolute Gasteiger partial charge is 0.497 e. The standard InChI is InChI=1S/C23H24F3N5O3/c1-33-17-10-4-14(5-11-17)19-20(29-22(32)28-13-18-3-2-12-34-18)21(27)31(30-19)16-8-6-15(7-9-16)23(24,25)26/h4-11,18H,2-3,12-13,27H2,1H3,(H2,28,29,32)/t18-/m0/s1. The van der Waals surface area contributed by atoms with Gasteiger partial charge in [0, 0.05) is 18.7 Å². The van der Waals surface area contributed by atoms with E-state index in [-0.39, 0.29) is 17.6 Å². The van der Waals surface area contributed by atoms with E-state index >= 15 is 0 Å². The van der Waals surface area contributed by atoms with Crippen LogP contribution in [0.4, 0.5) is 29.5 Å². The fourth-order valence-corrected chi connectivity index (χ4v) is 3.66. The van der Waals surface area contributed by atoms with Crippen LogP contribution < -0.4 is 21.1 Å². The lowest BCUT2D eigenvalue weighted by Gasteiger charge is -2.12. The van der Waals surface area contributed by atoms with E-state index in [0.717, 1.165) is 25.0 Å². The van der Waals surface area contributed by atoms with E-state index in [9.17, 15) is 18.0 Å². The highest BCUT2D eigenvalue weighted by atomic mass is 19.4. The summed E-state index contributed by atoms with van der Waals surface area (Å²) in [6.07, 6.45) is -2.69. The number of aromatic nitrogens is 2. The molecule has 0 spiro atoms. The number of anilines is 2. The molecule has 1 fully saturated rings. The molecular formula is C23H24F3N5O3. The van der Waals surface area contributed by atoms with Crippen molar-refractivity contribution in [2.45, 2.75) is 25.1 Å². The summed E-state index contributed by atoms with van der Waals surface area (Å²) in [7, 11) is 1.54. The SMILES string of the molecule is COc1ccc(-c2nn(-c3ccc(C(F)(F)F)cc3)c(N)c2NC(=O)NC[C@@H]2CCCO2)cc1. The van der Waals surface area contributed by atoms with Gasteiger partial charge in [0.1, 0.15) is 17.1 Å². The lowest BCUT2D eigenvalue weighted by molar-refractivity contribution is -0.137. The van der Waals surface area contributed by atoms with Gasteiger partial charge in [-0.15, -0.1) is 0 Å². The van der Waals surface area contributed by atoms with Crippen molar-refractivity contribution in [2.24, 2.45) is 0 Å². The summed E-state index contributed by atoms with van der Waals surface area (Å²) in [6, 6.07) is 10.9. The Morgan fingerprint density at radius 3 is 2.50 bits per heavy atom. The van der Waals surface area contributed by atoms with Gasteiger partial charge in [-0.1, -0.05) is 0 Å². The molecule has 0 radical (unpaired) electrons. The molecule has 2 aromatic carbocycles. The number of hydrogen-bond acceptors (Lipinski definition) is 5. The van der Waals surface area contributed by atoms with Crippen LogP contribution in [0.3, 0.4) is 0 Å². The van der Waals surface area contributed by atoms with Crippen LogP contribution in [0.5, 0.6) is 5.75 Å². The van der Waals surface area contributed by atoms with Crippen molar-refractivity contribution in [2.75, 3.05) is 31.3 Å². The number of rotatable bonds is 6. The minimum Gasteiger partial charge on any atom is -0.497 e. The van der Waals surface area contributed by atoms with Gasteiger partial charge >= 0.3 is 12.2 Å². The molecular weight excluding hydrogens is 451 g/mol. The fraction of sp³-hybridized carbons (Fsp3) is 0.304. The first-order valence-electron chi connectivity index (χ1n) is 10.6. The predicted octanol–water partition coefficient (Wildman–Crippen LogP) is 4.45. The van der Waals surface area contributed by atoms with E-state index < -0.39 is 17.8 Å². The maximum Gasteiger partial charge on any atom is 0.416 e. The number of methoxy groups -OCH3 is 1. The smallest absolute Gasteiger partial charge is 0.416 e. The molecule has 0 saturated carbocycles. The average Bonchev–Trinajstić information content (AvgIpc) is 3.46. The molecule has 11 heteroatoms. The van der Waals surface area contributed by atoms with Crippen LogP contribution in [0, 0.1) is 0 Å². The maximum absolute atomic E-state index is 13.0. The Morgan fingerprint density at radius 2 is 1.91 bits per heavy atom. The highest BCUT2D eigenvalue weighted by molar-refractivity contribution is 5.97. The number of ether oxygens (including phenoxy) is 2. The zero-order chi connectivity index (χ0) is 24.3. The van der Waals surface area contributed by atoms with E-state index in [1.54, 1.807) is 24.3 Å². The van der Waals surface area contributed by atoms with Crippen molar-refractivity contribution in [3.63, 3.8) is 0 Å². The molecule has 2 amide bonds. The first-order chi connectivity index (χ1) is 16.3. The molecule has 0 aliphatic carbocycles. The van der Waals surface area contributed by atoms with Gasteiger partial charge in [-0.05, 0) is 61.4 Å². The summed E-state index contributed by atoms with van der Waals surface area (Å²) in [4.78, 5) is 12.6. The lowest BCUT2D eigenvalue weighted by Crippen LogP contribution is -2.35. The van der Waals surface area contributed by atoms with Crippen LogP contribution in [0.1, 0.15) is 18.4 Å². The third kappa shape index (κ3) is 5.09. The lowest BCUT2D eigenvalue weighted by atomic mass is 10.1. The van der Waals surface area contributed by atoms with Crippen LogP contribution in [-0.2, 0) is 10.9 Å². The zero-order valence-corrected chi connectivity index (χ0v) is 18.4. The molecule has 180 valence electrons. The molecule has 1 saturated heterocycles. The van der Waals surface area contributed by atoms with Gasteiger partial charge in [0.2, 0.25) is 0 Å². The topological polar surface area (TPSA) is 103 Å². The zero-order valence-electron chi connectivity index (χ0n) is 18.4. The van der Waals surface area contributed by atoms with E-state index in [1.807, 2.05) is 0 Å². The number of nitrogens with zero attached hydrogens (tertiary/aromatic N) is 2. The number of alkyl halides is 3. The monoisotopic (exact) mass is 475 g/mol. The first-order valence-corrected chi connectivity index (χ1v) is 10.6. The van der Waals surface area contributed by atoms with Gasteiger partial charge in [0.05, 0.1) is 24.5 Å². The van der Waals surface area contributed by atoms with Crippen molar-refractivity contribution < 1.29 is 27.4 Å². The van der Waals surface area contributed by atoms with Gasteiger partial charge < -0.3 is 25.8 Å². The number of nitrogens with one attached hydrogen (secondary N) is 2. The molecule has 3 aromatic rings. The van der Waals surface area contributed by atoms with Crippen LogP contribution in [-0.4, -0.2) is 42.2 Å². The minimum atomic E-state index is -4.46. The predicted molar refractivity (Wildman–Crippen MR) is 121 cm³/mol. The van der Waals surface area contributed by atoms with Crippen molar-refractivity contribution in [1.82, 2.24) is 15.1 Å². The molecule has 4 N–H and O–H groups in total. The minimum absolute atomic E-state index is 0.0426. The number of halogens is 3. The highest BCUT2D eigenvalue weighted by Crippen LogP contribution is 2.36. The van der Waals surface area contributed by atoms with Crippen molar-refractivity contribution >= 4 is 17.5 Å². The Bertz CT molecular complexity index is 1140. The number of hydrogen-bond donors (Lipinski definition) is 3. The summed E-state index contributed by atoms with van der Waals surface area (Å²) in [5.41, 5.74) is 7.05. The number of urea groups is 1. The number of carbonyl (C=O) groups excluding carboxylic acids is 1. The van der Waals surface area contributed by atoms with Crippen LogP contribution in [0.15, 0.2) is 48.5 Å². The van der Waals surface area contributed by atoms with Crippen molar-refractivity contribution in [1.29, 1.82) is 0 Å². The number of carbonyl (C=O) groups is 1. The molecule has 0 unspecified atom stereocenters. The highest BCUT2D eigenvalue weighted by Gasteiger charge is 2.30. The summed E-state index contributed by atoms with van der Waals surface area (Å²) in [6.45, 7) is 1.01. The number of nitrogens with two attached hydrogens (primary N) is 1. The number of benzene rings is 2. The van der Waals surface area contributed by atoms with Crippen molar-refractivity contribution in [3.05, 3.63) is 54.1 Å². The summed E-state index contributed by atoms with van der Waals surface area (Å²) < 4.78 is 50.9. The Morgan fingerprint density at radius 1 is 1.21 bits per heavy atom. The number of nitrogen functional groups attached to an aromatic ring is 1. The van der Waals surface area contributed by atoms with Gasteiger partial charge in [-0.3, -0.25) is 0 Å². The first kappa shape index (κ1) is 23.4. The third-order valence-electron chi connectivity index (χ3n) is 5.48. The average molecular weight is 475 g/mol. The molecule has 1 atom stereocenters. The molecule has 0 bridgehead atoms. The summed E-state index contributed by atoms with van der Waals surface area (Å²) >= 11 is 0.